The number of aliphatic hydroxyl groups is 1. The molecule has 2 aliphatic heterocycles. The molecule has 3 heterocycles. The topological polar surface area (TPSA) is 45.6 Å². The summed E-state index contributed by atoms with van der Waals surface area (Å²) in [5, 5.41) is 10.0. The van der Waals surface area contributed by atoms with Gasteiger partial charge in [0.15, 0.2) is 0 Å². The Labute approximate surface area is 102 Å². The third-order valence-corrected chi connectivity index (χ3v) is 3.65. The van der Waals surface area contributed by atoms with Crippen LogP contribution in [0, 0.1) is 0 Å². The number of rotatable bonds is 0. The quantitative estimate of drug-likeness (QED) is 0.784. The highest BCUT2D eigenvalue weighted by molar-refractivity contribution is 9.10. The lowest BCUT2D eigenvalue weighted by Gasteiger charge is -2.42. The normalized spacial score (nSPS) is 28.5. The molecule has 86 valence electrons. The van der Waals surface area contributed by atoms with E-state index in [4.69, 9.17) is 4.74 Å². The van der Waals surface area contributed by atoms with Crippen molar-refractivity contribution in [1.29, 1.82) is 0 Å². The number of ether oxygens (including phenoxy) is 1. The van der Waals surface area contributed by atoms with Gasteiger partial charge in [0.05, 0.1) is 30.6 Å². The van der Waals surface area contributed by atoms with Crippen LogP contribution < -0.4 is 4.90 Å². The highest BCUT2D eigenvalue weighted by Crippen LogP contribution is 2.37. The number of aliphatic hydroxyl groups excluding tert-OH is 1. The predicted molar refractivity (Wildman–Crippen MR) is 63.5 cm³/mol. The van der Waals surface area contributed by atoms with Crippen LogP contribution >= 0.6 is 15.9 Å². The molecular formula is C11H13BrN2O2. The van der Waals surface area contributed by atoms with Crippen LogP contribution in [0.1, 0.15) is 18.2 Å². The van der Waals surface area contributed by atoms with Crippen LogP contribution in [0.4, 0.5) is 5.69 Å². The largest absolute Gasteiger partial charge is 0.387 e. The lowest BCUT2D eigenvalue weighted by atomic mass is 9.97. The second-order valence-electron chi connectivity index (χ2n) is 4.23. The van der Waals surface area contributed by atoms with Gasteiger partial charge in [0.1, 0.15) is 6.10 Å². The molecular weight excluding hydrogens is 272 g/mol. The molecule has 0 bridgehead atoms. The van der Waals surface area contributed by atoms with Crippen molar-refractivity contribution in [2.75, 3.05) is 24.7 Å². The van der Waals surface area contributed by atoms with Gasteiger partial charge in [-0.25, -0.2) is 0 Å². The number of fused-ring (bicyclic) bond motifs is 3. The maximum Gasteiger partial charge on any atom is 0.100 e. The van der Waals surface area contributed by atoms with Crippen LogP contribution in [0.5, 0.6) is 0 Å². The van der Waals surface area contributed by atoms with Crippen LogP contribution in [0.2, 0.25) is 0 Å². The van der Waals surface area contributed by atoms with E-state index in [0.717, 1.165) is 29.0 Å². The summed E-state index contributed by atoms with van der Waals surface area (Å²) in [5.74, 6) is 0. The zero-order valence-electron chi connectivity index (χ0n) is 8.77. The Morgan fingerprint density at radius 3 is 3.31 bits per heavy atom. The molecule has 0 radical (unpaired) electrons. The Morgan fingerprint density at radius 1 is 1.56 bits per heavy atom. The molecule has 0 spiro atoms. The first-order chi connectivity index (χ1) is 7.75. The number of anilines is 1. The van der Waals surface area contributed by atoms with Gasteiger partial charge < -0.3 is 14.7 Å². The van der Waals surface area contributed by atoms with Crippen LogP contribution in [0.25, 0.3) is 0 Å². The summed E-state index contributed by atoms with van der Waals surface area (Å²) < 4.78 is 6.40. The highest BCUT2D eigenvalue weighted by Gasteiger charge is 2.34. The van der Waals surface area contributed by atoms with Gasteiger partial charge in [-0.3, -0.25) is 4.98 Å². The van der Waals surface area contributed by atoms with Crippen molar-refractivity contribution in [3.63, 3.8) is 0 Å². The Bertz CT molecular complexity index is 413. The molecule has 1 fully saturated rings. The average molecular weight is 285 g/mol. The molecule has 16 heavy (non-hydrogen) atoms. The van der Waals surface area contributed by atoms with Crippen molar-refractivity contribution >= 4 is 21.6 Å². The summed E-state index contributed by atoms with van der Waals surface area (Å²) in [6, 6.07) is 2.32. The summed E-state index contributed by atoms with van der Waals surface area (Å²) in [6.45, 7) is 2.32. The van der Waals surface area contributed by atoms with E-state index in [1.54, 1.807) is 6.20 Å². The summed E-state index contributed by atoms with van der Waals surface area (Å²) in [4.78, 5) is 6.61. The molecule has 0 amide bonds. The van der Waals surface area contributed by atoms with Crippen molar-refractivity contribution in [2.45, 2.75) is 18.6 Å². The Balaban J connectivity index is 2.05. The van der Waals surface area contributed by atoms with E-state index in [0.29, 0.717) is 13.0 Å². The number of aromatic nitrogens is 1. The van der Waals surface area contributed by atoms with Crippen molar-refractivity contribution in [3.05, 3.63) is 22.4 Å². The molecule has 1 N–H and O–H groups in total. The summed E-state index contributed by atoms with van der Waals surface area (Å²) in [6.07, 6.45) is 1.98. The number of hydrogen-bond acceptors (Lipinski definition) is 4. The summed E-state index contributed by atoms with van der Waals surface area (Å²) in [5.41, 5.74) is 1.84. The standard InChI is InChI=1S/C11H13BrN2O2/c12-7-3-9-11(13-5-7)10(15)4-8-6-16-2-1-14(8)9/h3,5,8,10,15H,1-2,4,6H2/t8-,10-/m1/s1. The van der Waals surface area contributed by atoms with E-state index in [1.807, 2.05) is 6.07 Å². The van der Waals surface area contributed by atoms with E-state index in [2.05, 4.69) is 25.8 Å². The minimum atomic E-state index is -0.467. The molecule has 4 nitrogen and oxygen atoms in total. The summed E-state index contributed by atoms with van der Waals surface area (Å²) in [7, 11) is 0. The van der Waals surface area contributed by atoms with Gasteiger partial charge >= 0.3 is 0 Å². The molecule has 1 aromatic rings. The highest BCUT2D eigenvalue weighted by atomic mass is 79.9. The van der Waals surface area contributed by atoms with Crippen LogP contribution in [0.3, 0.4) is 0 Å². The first-order valence-corrected chi connectivity index (χ1v) is 6.23. The van der Waals surface area contributed by atoms with Crippen LogP contribution in [-0.4, -0.2) is 35.9 Å². The molecule has 0 saturated carbocycles. The Kier molecular flexibility index (Phi) is 2.61. The molecule has 1 saturated heterocycles. The molecule has 0 aromatic carbocycles. The van der Waals surface area contributed by atoms with Gasteiger partial charge in [-0.05, 0) is 22.0 Å². The monoisotopic (exact) mass is 284 g/mol. The van der Waals surface area contributed by atoms with Gasteiger partial charge in [-0.1, -0.05) is 0 Å². The zero-order valence-corrected chi connectivity index (χ0v) is 10.4. The molecule has 3 rings (SSSR count). The number of nitrogens with zero attached hydrogens (tertiary/aromatic N) is 2. The fraction of sp³-hybridized carbons (Fsp3) is 0.545. The van der Waals surface area contributed by atoms with Gasteiger partial charge in [0.2, 0.25) is 0 Å². The Morgan fingerprint density at radius 2 is 2.44 bits per heavy atom. The SMILES string of the molecule is O[C@@H]1C[C@@H]2COCCN2c2cc(Br)cnc21. The fourth-order valence-corrected chi connectivity index (χ4v) is 2.78. The molecule has 0 unspecified atom stereocenters. The van der Waals surface area contributed by atoms with Crippen LogP contribution in [-0.2, 0) is 4.74 Å². The third-order valence-electron chi connectivity index (χ3n) is 3.21. The number of morpholine rings is 1. The molecule has 5 heteroatoms. The first-order valence-electron chi connectivity index (χ1n) is 5.43. The van der Waals surface area contributed by atoms with Crippen molar-refractivity contribution in [3.8, 4) is 0 Å². The number of pyridine rings is 1. The van der Waals surface area contributed by atoms with E-state index in [-0.39, 0.29) is 6.04 Å². The van der Waals surface area contributed by atoms with Crippen LogP contribution in [0.15, 0.2) is 16.7 Å². The number of halogens is 1. The van der Waals surface area contributed by atoms with Gasteiger partial charge in [-0.15, -0.1) is 0 Å². The molecule has 0 aliphatic carbocycles. The zero-order chi connectivity index (χ0) is 11.1. The molecule has 1 aromatic heterocycles. The third kappa shape index (κ3) is 1.63. The first kappa shape index (κ1) is 10.5. The Hall–Kier alpha value is -0.650. The molecule has 2 aliphatic rings. The van der Waals surface area contributed by atoms with E-state index in [1.165, 1.54) is 0 Å². The summed E-state index contributed by atoms with van der Waals surface area (Å²) >= 11 is 3.42. The second-order valence-corrected chi connectivity index (χ2v) is 5.15. The van der Waals surface area contributed by atoms with E-state index >= 15 is 0 Å². The predicted octanol–water partition coefficient (Wildman–Crippen LogP) is 1.49. The van der Waals surface area contributed by atoms with E-state index < -0.39 is 6.10 Å². The van der Waals surface area contributed by atoms with E-state index in [9.17, 15) is 5.11 Å². The van der Waals surface area contributed by atoms with Crippen molar-refractivity contribution in [2.24, 2.45) is 0 Å². The maximum atomic E-state index is 10.0. The lowest BCUT2D eigenvalue weighted by Crippen LogP contribution is -2.49. The minimum Gasteiger partial charge on any atom is -0.387 e. The van der Waals surface area contributed by atoms with Gasteiger partial charge in [-0.2, -0.15) is 0 Å². The second kappa shape index (κ2) is 3.98. The number of hydrogen-bond donors (Lipinski definition) is 1. The van der Waals surface area contributed by atoms with Gasteiger partial charge in [0, 0.05) is 23.6 Å². The molecule has 2 atom stereocenters. The average Bonchev–Trinajstić information content (AvgIpc) is 2.29. The lowest BCUT2D eigenvalue weighted by molar-refractivity contribution is 0.0596. The van der Waals surface area contributed by atoms with Gasteiger partial charge in [0.25, 0.3) is 0 Å². The fourth-order valence-electron chi connectivity index (χ4n) is 2.46. The van der Waals surface area contributed by atoms with Crippen molar-refractivity contribution in [1.82, 2.24) is 4.98 Å². The smallest absolute Gasteiger partial charge is 0.100 e. The maximum absolute atomic E-state index is 10.0. The van der Waals surface area contributed by atoms with Crippen molar-refractivity contribution < 1.29 is 9.84 Å². The minimum absolute atomic E-state index is 0.285.